The van der Waals surface area contributed by atoms with Crippen molar-refractivity contribution in [3.05, 3.63) is 54.1 Å². The highest BCUT2D eigenvalue weighted by molar-refractivity contribution is 7.89. The number of aromatic nitrogens is 2. The second kappa shape index (κ2) is 18.6. The van der Waals surface area contributed by atoms with Crippen molar-refractivity contribution in [1.29, 1.82) is 0 Å². The summed E-state index contributed by atoms with van der Waals surface area (Å²) in [4.78, 5) is 54.6. The first-order valence-electron chi connectivity index (χ1n) is 22.0. The predicted molar refractivity (Wildman–Crippen MR) is 244 cm³/mol. The van der Waals surface area contributed by atoms with Crippen LogP contribution in [0.4, 0.5) is 9.93 Å². The van der Waals surface area contributed by atoms with Crippen LogP contribution in [0.5, 0.6) is 11.5 Å². The number of hydrogen-bond acceptors (Lipinski definition) is 12. The van der Waals surface area contributed by atoms with Crippen LogP contribution < -0.4 is 30.7 Å². The van der Waals surface area contributed by atoms with Crippen LogP contribution in [0.15, 0.2) is 54.1 Å². The standard InChI is InChI=1S/C45H62N8O8S2/c1-27(2)46-43-49-36(26-62-43)35-22-38(32-17-16-30(60-7)20-34(32)47-35)61-31-21-37-40(55)51-45(28(3)54)23-29(45)14-11-9-8-10-12-15-33(41(56)53(37)24-31)48-42(57)50-39(44(4,5)6)25-52-18-13-19-63(52,58)59/h11,14,16-17,20,22,26-27,29,31,33,37,39,54H,3,8-10,12-13,15,18-19,21,23-25H2,1-2,4-7H3,(H,46,49)(H,51,55)(H2,48,50,57)/b14-11-/t29?,31-,33+,37+,39-,45+/m1/s1. The summed E-state index contributed by atoms with van der Waals surface area (Å²) in [6.45, 7) is 14.2. The molecule has 6 atom stereocenters. The van der Waals surface area contributed by atoms with Gasteiger partial charge in [0.05, 0.1) is 30.6 Å². The fourth-order valence-electron chi connectivity index (χ4n) is 8.66. The van der Waals surface area contributed by atoms with E-state index in [1.54, 1.807) is 7.11 Å². The summed E-state index contributed by atoms with van der Waals surface area (Å²) in [7, 11) is -1.84. The summed E-state index contributed by atoms with van der Waals surface area (Å²) in [5.41, 5.74) is 0.257. The molecule has 3 fully saturated rings. The molecule has 5 N–H and O–H groups in total. The Morgan fingerprint density at radius 1 is 1.13 bits per heavy atom. The first-order chi connectivity index (χ1) is 29.9. The quantitative estimate of drug-likeness (QED) is 0.110. The van der Waals surface area contributed by atoms with Gasteiger partial charge in [-0.25, -0.2) is 23.2 Å². The van der Waals surface area contributed by atoms with Crippen LogP contribution in [-0.2, 0) is 19.6 Å². The number of carbonyl (C=O) groups excluding carboxylic acids is 3. The van der Waals surface area contributed by atoms with E-state index >= 15 is 0 Å². The van der Waals surface area contributed by atoms with Gasteiger partial charge in [-0.1, -0.05) is 52.3 Å². The van der Waals surface area contributed by atoms with Gasteiger partial charge in [0, 0.05) is 60.4 Å². The molecule has 7 rings (SSSR count). The van der Waals surface area contributed by atoms with E-state index in [1.165, 1.54) is 20.5 Å². The number of carbonyl (C=O) groups is 3. The molecule has 3 aromatic rings. The van der Waals surface area contributed by atoms with Crippen molar-refractivity contribution < 1.29 is 37.4 Å². The number of pyridine rings is 1. The second-order valence-corrected chi connectivity index (χ2v) is 21.6. The summed E-state index contributed by atoms with van der Waals surface area (Å²) in [6, 6.07) is 4.31. The number of rotatable bonds is 11. The molecule has 63 heavy (non-hydrogen) atoms. The minimum absolute atomic E-state index is 0.0268. The molecule has 18 heteroatoms. The number of fused-ring (bicyclic) bond motifs is 3. The van der Waals surface area contributed by atoms with E-state index in [1.807, 2.05) is 70.3 Å². The molecule has 4 aliphatic rings. The van der Waals surface area contributed by atoms with Gasteiger partial charge < -0.3 is 40.7 Å². The maximum atomic E-state index is 14.9. The maximum Gasteiger partial charge on any atom is 0.315 e. The minimum Gasteiger partial charge on any atom is -0.510 e. The number of hydrogen-bond donors (Lipinski definition) is 5. The molecule has 1 aliphatic carbocycles. The highest BCUT2D eigenvalue weighted by Gasteiger charge is 2.58. The molecular formula is C45H62N8O8S2. The molecular weight excluding hydrogens is 845 g/mol. The molecule has 3 aliphatic heterocycles. The van der Waals surface area contributed by atoms with Crippen LogP contribution in [0, 0.1) is 11.3 Å². The number of sulfonamides is 1. The first kappa shape index (κ1) is 46.1. The number of nitrogens with one attached hydrogen (secondary N) is 4. The van der Waals surface area contributed by atoms with E-state index in [0.29, 0.717) is 66.0 Å². The predicted octanol–water partition coefficient (Wildman–Crippen LogP) is 6.12. The molecule has 1 unspecified atom stereocenters. The average molecular weight is 907 g/mol. The van der Waals surface area contributed by atoms with Crippen molar-refractivity contribution in [3.8, 4) is 22.9 Å². The van der Waals surface area contributed by atoms with Crippen LogP contribution in [0.25, 0.3) is 22.3 Å². The van der Waals surface area contributed by atoms with Crippen LogP contribution in [0.1, 0.15) is 86.0 Å². The number of ether oxygens (including phenoxy) is 2. The van der Waals surface area contributed by atoms with Gasteiger partial charge in [-0.3, -0.25) is 9.59 Å². The fourth-order valence-corrected chi connectivity index (χ4v) is 11.0. The molecule has 4 amide bonds. The number of aliphatic hydroxyl groups excluding tert-OH is 1. The van der Waals surface area contributed by atoms with Gasteiger partial charge in [-0.2, -0.15) is 4.31 Å². The number of benzene rings is 1. The molecule has 2 aromatic heterocycles. The number of methoxy groups -OCH3 is 1. The molecule has 0 bridgehead atoms. The highest BCUT2D eigenvalue weighted by atomic mass is 32.2. The number of nitrogens with zero attached hydrogens (tertiary/aromatic N) is 4. The van der Waals surface area contributed by atoms with E-state index < -0.39 is 63.1 Å². The van der Waals surface area contributed by atoms with Crippen LogP contribution in [0.3, 0.4) is 0 Å². The molecule has 0 spiro atoms. The Hall–Kier alpha value is -4.94. The lowest BCUT2D eigenvalue weighted by atomic mass is 9.86. The number of urea groups is 1. The van der Waals surface area contributed by atoms with E-state index in [9.17, 15) is 27.9 Å². The monoisotopic (exact) mass is 906 g/mol. The van der Waals surface area contributed by atoms with Gasteiger partial charge in [-0.05, 0) is 63.5 Å². The van der Waals surface area contributed by atoms with Crippen LogP contribution >= 0.6 is 11.3 Å². The van der Waals surface area contributed by atoms with Crippen LogP contribution in [0.2, 0.25) is 0 Å². The normalized spacial score (nSPS) is 26.4. The lowest BCUT2D eigenvalue weighted by Gasteiger charge is -2.35. The topological polar surface area (TPSA) is 204 Å². The third-order valence-corrected chi connectivity index (χ3v) is 15.1. The van der Waals surface area contributed by atoms with Crippen molar-refractivity contribution in [1.82, 2.24) is 35.1 Å². The summed E-state index contributed by atoms with van der Waals surface area (Å²) in [5.74, 6) is -0.0348. The number of aliphatic hydroxyl groups is 1. The Labute approximate surface area is 374 Å². The number of anilines is 1. The summed E-state index contributed by atoms with van der Waals surface area (Å²) in [6.07, 6.45) is 7.90. The van der Waals surface area contributed by atoms with E-state index in [2.05, 4.69) is 33.9 Å². The van der Waals surface area contributed by atoms with Gasteiger partial charge in [-0.15, -0.1) is 11.3 Å². The molecule has 1 aromatic carbocycles. The molecule has 1 saturated carbocycles. The minimum atomic E-state index is -3.42. The lowest BCUT2D eigenvalue weighted by molar-refractivity contribution is -0.140. The molecule has 342 valence electrons. The SMILES string of the molecule is C=C(O)[C@@]12CC1/C=C\CCCCC[C@H](NC(=O)N[C@H](CN1CCCS1(=O)=O)C(C)(C)C)C(=O)N1C[C@H](Oc3cc(-c4csc(NC(C)C)n4)nc4cc(OC)ccc34)C[C@H]1C(=O)N2. The lowest BCUT2D eigenvalue weighted by Crippen LogP contribution is -2.59. The maximum absolute atomic E-state index is 14.9. The number of thiazole rings is 1. The Bertz CT molecular complexity index is 2350. The zero-order valence-corrected chi connectivity index (χ0v) is 38.7. The Balaban J connectivity index is 1.19. The number of amides is 4. The smallest absolute Gasteiger partial charge is 0.315 e. The third-order valence-electron chi connectivity index (χ3n) is 12.5. The first-order valence-corrected chi connectivity index (χ1v) is 24.5. The number of allylic oxidation sites excluding steroid dienone is 1. The summed E-state index contributed by atoms with van der Waals surface area (Å²) < 4.78 is 39.3. The molecule has 16 nitrogen and oxygen atoms in total. The average Bonchev–Trinajstić information content (AvgIpc) is 3.49. The van der Waals surface area contributed by atoms with Crippen molar-refractivity contribution in [2.75, 3.05) is 37.8 Å². The van der Waals surface area contributed by atoms with Crippen molar-refractivity contribution in [2.24, 2.45) is 11.3 Å². The zero-order chi connectivity index (χ0) is 45.3. The van der Waals surface area contributed by atoms with Crippen molar-refractivity contribution in [3.63, 3.8) is 0 Å². The highest BCUT2D eigenvalue weighted by Crippen LogP contribution is 2.49. The van der Waals surface area contributed by atoms with Gasteiger partial charge in [0.2, 0.25) is 21.8 Å². The van der Waals surface area contributed by atoms with Crippen molar-refractivity contribution in [2.45, 2.75) is 122 Å². The van der Waals surface area contributed by atoms with Crippen molar-refractivity contribution >= 4 is 55.2 Å². The van der Waals surface area contributed by atoms with E-state index in [4.69, 9.17) is 19.4 Å². The summed E-state index contributed by atoms with van der Waals surface area (Å²) in [5, 5.41) is 26.5. The van der Waals surface area contributed by atoms with Gasteiger partial charge in [0.1, 0.15) is 46.7 Å². The van der Waals surface area contributed by atoms with Crippen LogP contribution in [-0.4, -0.2) is 119 Å². The third kappa shape index (κ3) is 10.5. The molecule has 2 saturated heterocycles. The Morgan fingerprint density at radius 3 is 2.62 bits per heavy atom. The largest absolute Gasteiger partial charge is 0.510 e. The Morgan fingerprint density at radius 2 is 1.92 bits per heavy atom. The second-order valence-electron chi connectivity index (χ2n) is 18.6. The van der Waals surface area contributed by atoms with Gasteiger partial charge >= 0.3 is 6.03 Å². The van der Waals surface area contributed by atoms with Gasteiger partial charge in [0.25, 0.3) is 0 Å². The molecule has 5 heterocycles. The van der Waals surface area contributed by atoms with E-state index in [-0.39, 0.29) is 43.0 Å². The zero-order valence-electron chi connectivity index (χ0n) is 37.1. The molecule has 0 radical (unpaired) electrons. The fraction of sp³-hybridized carbons (Fsp3) is 0.578. The Kier molecular flexibility index (Phi) is 13.6. The summed E-state index contributed by atoms with van der Waals surface area (Å²) >= 11 is 1.47. The van der Waals surface area contributed by atoms with E-state index in [0.717, 1.165) is 24.4 Å². The van der Waals surface area contributed by atoms with Gasteiger partial charge in [0.15, 0.2) is 5.13 Å².